The number of fused-ring (bicyclic) bond motifs is 3. The number of nitrogens with one attached hydrogen (secondary N) is 1. The van der Waals surface area contributed by atoms with Gasteiger partial charge < -0.3 is 5.32 Å². The minimum absolute atomic E-state index is 0.131. The monoisotopic (exact) mass is 392 g/mol. The molecule has 0 saturated carbocycles. The largest absolute Gasteiger partial charge is 0.310 e. The summed E-state index contributed by atoms with van der Waals surface area (Å²) in [4.78, 5) is 29.1. The van der Waals surface area contributed by atoms with Gasteiger partial charge in [-0.15, -0.1) is 16.8 Å². The van der Waals surface area contributed by atoms with Crippen LogP contribution < -0.4 is 10.9 Å². The summed E-state index contributed by atoms with van der Waals surface area (Å²) in [5, 5.41) is 12.2. The molecule has 0 aliphatic carbocycles. The lowest BCUT2D eigenvalue weighted by Gasteiger charge is -2.09. The number of rotatable bonds is 6. The number of thioether (sulfide) groups is 1. The average Bonchev–Trinajstić information content (AvgIpc) is 3.14. The van der Waals surface area contributed by atoms with E-state index in [1.165, 1.54) is 16.3 Å². The molecule has 0 aliphatic rings. The van der Waals surface area contributed by atoms with E-state index in [4.69, 9.17) is 0 Å². The number of carbonyl (C=O) groups excluding carboxylic acids is 1. The summed E-state index contributed by atoms with van der Waals surface area (Å²) in [5.41, 5.74) is 0.542. The normalized spacial score (nSPS) is 11.0. The minimum atomic E-state index is -0.204. The van der Waals surface area contributed by atoms with Crippen molar-refractivity contribution in [1.82, 2.24) is 24.1 Å². The highest BCUT2D eigenvalue weighted by molar-refractivity contribution is 7.99. The molecule has 0 aliphatic heterocycles. The summed E-state index contributed by atoms with van der Waals surface area (Å²) in [5.74, 6) is 0.830. The van der Waals surface area contributed by atoms with E-state index in [-0.39, 0.29) is 17.2 Å². The van der Waals surface area contributed by atoms with Crippen LogP contribution in [0.3, 0.4) is 0 Å². The van der Waals surface area contributed by atoms with Gasteiger partial charge in [0.15, 0.2) is 5.16 Å². The zero-order valence-electron chi connectivity index (χ0n) is 14.8. The smallest absolute Gasteiger partial charge is 0.263 e. The average molecular weight is 392 g/mol. The SMILES string of the molecule is C=CCn1c(=O)c2ccccc2n2c(SCC(=O)Nc3ccccn3)nnc12. The molecule has 1 N–H and O–H groups in total. The number of amides is 1. The first-order valence-electron chi connectivity index (χ1n) is 8.50. The minimum Gasteiger partial charge on any atom is -0.310 e. The van der Waals surface area contributed by atoms with E-state index in [1.54, 1.807) is 40.9 Å². The Labute approximate surface area is 163 Å². The highest BCUT2D eigenvalue weighted by atomic mass is 32.2. The molecule has 0 saturated heterocycles. The van der Waals surface area contributed by atoms with Gasteiger partial charge in [0.2, 0.25) is 11.7 Å². The van der Waals surface area contributed by atoms with Crippen LogP contribution in [0, 0.1) is 0 Å². The number of benzene rings is 1. The zero-order chi connectivity index (χ0) is 19.5. The maximum atomic E-state index is 12.8. The van der Waals surface area contributed by atoms with Crippen molar-refractivity contribution in [2.24, 2.45) is 0 Å². The molecule has 3 heterocycles. The Morgan fingerprint density at radius 1 is 1.18 bits per heavy atom. The van der Waals surface area contributed by atoms with E-state index < -0.39 is 0 Å². The van der Waals surface area contributed by atoms with Gasteiger partial charge in [0.25, 0.3) is 5.56 Å². The van der Waals surface area contributed by atoms with Crippen molar-refractivity contribution >= 4 is 40.2 Å². The molecule has 8 nitrogen and oxygen atoms in total. The zero-order valence-corrected chi connectivity index (χ0v) is 15.6. The van der Waals surface area contributed by atoms with Crippen molar-refractivity contribution in [3.8, 4) is 0 Å². The second-order valence-electron chi connectivity index (χ2n) is 5.89. The Hall–Kier alpha value is -3.46. The molecule has 0 radical (unpaired) electrons. The maximum Gasteiger partial charge on any atom is 0.263 e. The Morgan fingerprint density at radius 3 is 2.79 bits per heavy atom. The molecular weight excluding hydrogens is 376 g/mol. The van der Waals surface area contributed by atoms with Crippen LogP contribution in [-0.4, -0.2) is 35.8 Å². The Kier molecular flexibility index (Phi) is 4.90. The summed E-state index contributed by atoms with van der Waals surface area (Å²) < 4.78 is 3.30. The van der Waals surface area contributed by atoms with Gasteiger partial charge >= 0.3 is 0 Å². The van der Waals surface area contributed by atoms with Crippen molar-refractivity contribution in [2.75, 3.05) is 11.1 Å². The molecule has 9 heteroatoms. The van der Waals surface area contributed by atoms with Crippen molar-refractivity contribution < 1.29 is 4.79 Å². The number of aromatic nitrogens is 5. The fourth-order valence-electron chi connectivity index (χ4n) is 2.87. The predicted molar refractivity (Wildman–Crippen MR) is 109 cm³/mol. The van der Waals surface area contributed by atoms with Crippen molar-refractivity contribution in [3.05, 3.63) is 71.7 Å². The highest BCUT2D eigenvalue weighted by Crippen LogP contribution is 2.21. The Bertz CT molecular complexity index is 1230. The van der Waals surface area contributed by atoms with Gasteiger partial charge in [-0.25, -0.2) is 4.98 Å². The third-order valence-electron chi connectivity index (χ3n) is 4.05. The van der Waals surface area contributed by atoms with Gasteiger partial charge in [-0.3, -0.25) is 18.6 Å². The number of nitrogens with zero attached hydrogens (tertiary/aromatic N) is 5. The lowest BCUT2D eigenvalue weighted by atomic mass is 10.2. The van der Waals surface area contributed by atoms with Crippen LogP contribution in [-0.2, 0) is 11.3 Å². The summed E-state index contributed by atoms with van der Waals surface area (Å²) in [6, 6.07) is 12.6. The van der Waals surface area contributed by atoms with Gasteiger partial charge in [0, 0.05) is 12.7 Å². The number of para-hydroxylation sites is 1. The summed E-state index contributed by atoms with van der Waals surface area (Å²) in [6.45, 7) is 4.02. The van der Waals surface area contributed by atoms with Gasteiger partial charge in [-0.2, -0.15) is 0 Å². The number of hydrogen-bond acceptors (Lipinski definition) is 6. The predicted octanol–water partition coefficient (Wildman–Crippen LogP) is 2.36. The number of allylic oxidation sites excluding steroid dienone is 1. The first kappa shape index (κ1) is 17.9. The molecule has 0 spiro atoms. The topological polar surface area (TPSA) is 94.2 Å². The number of carbonyl (C=O) groups is 1. The first-order valence-corrected chi connectivity index (χ1v) is 9.49. The van der Waals surface area contributed by atoms with Gasteiger partial charge in [-0.05, 0) is 24.3 Å². The maximum absolute atomic E-state index is 12.8. The van der Waals surface area contributed by atoms with E-state index in [2.05, 4.69) is 27.1 Å². The molecule has 0 atom stereocenters. The molecule has 4 aromatic rings. The fraction of sp³-hybridized carbons (Fsp3) is 0.105. The molecule has 1 aromatic carbocycles. The molecule has 28 heavy (non-hydrogen) atoms. The molecule has 4 rings (SSSR count). The first-order chi connectivity index (χ1) is 13.7. The summed E-state index contributed by atoms with van der Waals surface area (Å²) >= 11 is 1.24. The number of pyridine rings is 1. The molecule has 0 fully saturated rings. The van der Waals surface area contributed by atoms with E-state index in [1.807, 2.05) is 18.2 Å². The van der Waals surface area contributed by atoms with Crippen LogP contribution in [0.4, 0.5) is 5.82 Å². The number of anilines is 1. The number of hydrogen-bond donors (Lipinski definition) is 1. The van der Waals surface area contributed by atoms with Crippen LogP contribution in [0.15, 0.2) is 71.3 Å². The van der Waals surface area contributed by atoms with E-state index in [0.717, 1.165) is 0 Å². The van der Waals surface area contributed by atoms with E-state index in [0.29, 0.717) is 34.2 Å². The van der Waals surface area contributed by atoms with Crippen molar-refractivity contribution in [3.63, 3.8) is 0 Å². The molecular formula is C19H16N6O2S. The summed E-state index contributed by atoms with van der Waals surface area (Å²) in [7, 11) is 0. The van der Waals surface area contributed by atoms with Gasteiger partial charge in [0.1, 0.15) is 5.82 Å². The molecule has 0 unspecified atom stereocenters. The fourth-order valence-corrected chi connectivity index (χ4v) is 3.61. The standard InChI is InChI=1S/C19H16N6O2S/c1-2-11-24-17(27)13-7-3-4-8-14(13)25-18(24)22-23-19(25)28-12-16(26)21-15-9-5-6-10-20-15/h2-10H,1,11-12H2,(H,20,21,26). The van der Waals surface area contributed by atoms with Crippen LogP contribution in [0.2, 0.25) is 0 Å². The third kappa shape index (κ3) is 3.27. The van der Waals surface area contributed by atoms with Gasteiger partial charge in [0.05, 0.1) is 16.7 Å². The van der Waals surface area contributed by atoms with Crippen LogP contribution in [0.1, 0.15) is 0 Å². The Morgan fingerprint density at radius 2 is 2.00 bits per heavy atom. The molecule has 140 valence electrons. The quantitative estimate of drug-likeness (QED) is 0.400. The highest BCUT2D eigenvalue weighted by Gasteiger charge is 2.17. The molecule has 0 bridgehead atoms. The second-order valence-corrected chi connectivity index (χ2v) is 6.83. The van der Waals surface area contributed by atoms with Gasteiger partial charge in [-0.1, -0.05) is 36.0 Å². The Balaban J connectivity index is 1.69. The van der Waals surface area contributed by atoms with Crippen molar-refractivity contribution in [2.45, 2.75) is 11.7 Å². The third-order valence-corrected chi connectivity index (χ3v) is 4.98. The summed E-state index contributed by atoms with van der Waals surface area (Å²) in [6.07, 6.45) is 3.25. The van der Waals surface area contributed by atoms with Crippen LogP contribution in [0.25, 0.3) is 16.7 Å². The second kappa shape index (κ2) is 7.65. The molecule has 3 aromatic heterocycles. The van der Waals surface area contributed by atoms with E-state index in [9.17, 15) is 9.59 Å². The van der Waals surface area contributed by atoms with Crippen LogP contribution in [0.5, 0.6) is 0 Å². The lowest BCUT2D eigenvalue weighted by molar-refractivity contribution is -0.113. The van der Waals surface area contributed by atoms with Crippen molar-refractivity contribution in [1.29, 1.82) is 0 Å². The van der Waals surface area contributed by atoms with Crippen LogP contribution >= 0.6 is 11.8 Å². The van der Waals surface area contributed by atoms with E-state index >= 15 is 0 Å². The lowest BCUT2D eigenvalue weighted by Crippen LogP contribution is -2.22. The molecule has 1 amide bonds.